The van der Waals surface area contributed by atoms with Gasteiger partial charge in [-0.2, -0.15) is 13.2 Å². The summed E-state index contributed by atoms with van der Waals surface area (Å²) >= 11 is 6.12. The van der Waals surface area contributed by atoms with Gasteiger partial charge in [0.15, 0.2) is 0 Å². The third-order valence-corrected chi connectivity index (χ3v) is 7.77. The SMILES string of the molecule is CCc1ccccc1-c1ccc(N2CCN(C(=O)c3ccc(C(F)(F)F)cc3Cl)C[C@H]2CC)c(C(=O)NCCN)c1. The number of amides is 2. The number of nitrogens with zero attached hydrogens (tertiary/aromatic N) is 2. The van der Waals surface area contributed by atoms with E-state index in [1.54, 1.807) is 4.90 Å². The van der Waals surface area contributed by atoms with E-state index in [2.05, 4.69) is 23.2 Å². The number of halogens is 4. The fourth-order valence-corrected chi connectivity index (χ4v) is 5.53. The Bertz CT molecular complexity index is 1410. The van der Waals surface area contributed by atoms with E-state index in [9.17, 15) is 22.8 Å². The van der Waals surface area contributed by atoms with Gasteiger partial charge in [0, 0.05) is 44.5 Å². The lowest BCUT2D eigenvalue weighted by molar-refractivity contribution is -0.137. The Kier molecular flexibility index (Phi) is 9.60. The molecular weight excluding hydrogens is 553 g/mol. The quantitative estimate of drug-likeness (QED) is 0.338. The van der Waals surface area contributed by atoms with Crippen LogP contribution in [0.1, 0.15) is 52.1 Å². The zero-order valence-corrected chi connectivity index (χ0v) is 23.9. The molecule has 0 spiro atoms. The van der Waals surface area contributed by atoms with Crippen molar-refractivity contribution in [1.29, 1.82) is 0 Å². The van der Waals surface area contributed by atoms with Crippen LogP contribution < -0.4 is 16.0 Å². The fraction of sp³-hybridized carbons (Fsp3) is 0.355. The maximum absolute atomic E-state index is 13.3. The van der Waals surface area contributed by atoms with Crippen LogP contribution in [0.5, 0.6) is 0 Å². The number of rotatable bonds is 8. The Balaban J connectivity index is 1.63. The molecule has 1 fully saturated rings. The van der Waals surface area contributed by atoms with Crippen LogP contribution in [-0.2, 0) is 12.6 Å². The average Bonchev–Trinajstić information content (AvgIpc) is 2.98. The Morgan fingerprint density at radius 1 is 1.02 bits per heavy atom. The van der Waals surface area contributed by atoms with Crippen LogP contribution in [0.15, 0.2) is 60.7 Å². The number of nitrogens with one attached hydrogen (secondary N) is 1. The number of nitrogens with two attached hydrogens (primary N) is 1. The van der Waals surface area contributed by atoms with Gasteiger partial charge in [0.2, 0.25) is 0 Å². The molecule has 0 bridgehead atoms. The number of aryl methyl sites for hydroxylation is 1. The average molecular weight is 587 g/mol. The van der Waals surface area contributed by atoms with Crippen molar-refractivity contribution in [3.8, 4) is 11.1 Å². The van der Waals surface area contributed by atoms with Gasteiger partial charge in [0.25, 0.3) is 11.8 Å². The first-order valence-corrected chi connectivity index (χ1v) is 14.1. The second kappa shape index (κ2) is 13.0. The van der Waals surface area contributed by atoms with Gasteiger partial charge in [-0.15, -0.1) is 0 Å². The molecule has 6 nitrogen and oxygen atoms in total. The minimum absolute atomic E-state index is 0.0313. The van der Waals surface area contributed by atoms with Crippen LogP contribution in [0.25, 0.3) is 11.1 Å². The minimum Gasteiger partial charge on any atom is -0.364 e. The fourth-order valence-electron chi connectivity index (χ4n) is 5.27. The summed E-state index contributed by atoms with van der Waals surface area (Å²) in [5.74, 6) is -0.652. The summed E-state index contributed by atoms with van der Waals surface area (Å²) in [6.07, 6.45) is -3.02. The van der Waals surface area contributed by atoms with E-state index in [1.807, 2.05) is 43.3 Å². The van der Waals surface area contributed by atoms with Crippen molar-refractivity contribution in [1.82, 2.24) is 10.2 Å². The second-order valence-electron chi connectivity index (χ2n) is 9.99. The highest BCUT2D eigenvalue weighted by molar-refractivity contribution is 6.33. The van der Waals surface area contributed by atoms with Crippen LogP contribution >= 0.6 is 11.6 Å². The monoisotopic (exact) mass is 586 g/mol. The first-order chi connectivity index (χ1) is 19.6. The number of hydrogen-bond donors (Lipinski definition) is 2. The maximum atomic E-state index is 13.3. The summed E-state index contributed by atoms with van der Waals surface area (Å²) in [6, 6.07) is 16.6. The summed E-state index contributed by atoms with van der Waals surface area (Å²) < 4.78 is 39.2. The molecular formula is C31H34ClF3N4O2. The van der Waals surface area contributed by atoms with Crippen molar-refractivity contribution in [2.24, 2.45) is 5.73 Å². The van der Waals surface area contributed by atoms with Gasteiger partial charge < -0.3 is 20.9 Å². The number of carbonyl (C=O) groups is 2. The van der Waals surface area contributed by atoms with Crippen LogP contribution in [0.4, 0.5) is 18.9 Å². The van der Waals surface area contributed by atoms with Crippen LogP contribution in [0.3, 0.4) is 0 Å². The second-order valence-corrected chi connectivity index (χ2v) is 10.4. The molecule has 2 amide bonds. The lowest BCUT2D eigenvalue weighted by Crippen LogP contribution is -2.55. The van der Waals surface area contributed by atoms with E-state index in [-0.39, 0.29) is 22.5 Å². The minimum atomic E-state index is -4.55. The first kappa shape index (κ1) is 30.4. The summed E-state index contributed by atoms with van der Waals surface area (Å²) in [5, 5.41) is 2.65. The molecule has 1 atom stereocenters. The topological polar surface area (TPSA) is 78.7 Å². The standard InChI is InChI=1S/C31H34ClF3N4O2/c1-3-20-7-5-6-8-24(20)21-9-12-28(26(17-21)29(40)37-14-13-36)39-16-15-38(19-23(39)4-2)30(41)25-11-10-22(18-27(25)32)31(33,34)35/h5-12,17-18,23H,3-4,13-16,19,36H2,1-2H3,(H,37,40)/t23-/m1/s1. The highest BCUT2D eigenvalue weighted by Gasteiger charge is 2.34. The van der Waals surface area contributed by atoms with Crippen molar-refractivity contribution in [2.75, 3.05) is 37.6 Å². The van der Waals surface area contributed by atoms with Crippen molar-refractivity contribution in [2.45, 2.75) is 38.9 Å². The Morgan fingerprint density at radius 2 is 1.78 bits per heavy atom. The van der Waals surface area contributed by atoms with Crippen LogP contribution in [0, 0.1) is 0 Å². The third-order valence-electron chi connectivity index (χ3n) is 7.46. The van der Waals surface area contributed by atoms with Crippen LogP contribution in [0.2, 0.25) is 5.02 Å². The molecule has 1 aliphatic rings. The lowest BCUT2D eigenvalue weighted by Gasteiger charge is -2.43. The van der Waals surface area contributed by atoms with Gasteiger partial charge >= 0.3 is 6.18 Å². The molecule has 1 aliphatic heterocycles. The predicted octanol–water partition coefficient (Wildman–Crippen LogP) is 6.02. The largest absolute Gasteiger partial charge is 0.416 e. The highest BCUT2D eigenvalue weighted by atomic mass is 35.5. The highest BCUT2D eigenvalue weighted by Crippen LogP contribution is 2.35. The summed E-state index contributed by atoms with van der Waals surface area (Å²) in [5.41, 5.74) is 9.21. The molecule has 3 aromatic carbocycles. The summed E-state index contributed by atoms with van der Waals surface area (Å²) in [6.45, 7) is 5.81. The molecule has 0 aromatic heterocycles. The Labute approximate surface area is 243 Å². The Hall–Kier alpha value is -3.56. The molecule has 3 N–H and O–H groups in total. The molecule has 1 saturated heterocycles. The number of piperazine rings is 1. The molecule has 3 aromatic rings. The molecule has 1 heterocycles. The normalized spacial score (nSPS) is 15.6. The molecule has 0 radical (unpaired) electrons. The van der Waals surface area contributed by atoms with Gasteiger partial charge in [-0.25, -0.2) is 0 Å². The smallest absolute Gasteiger partial charge is 0.364 e. The van der Waals surface area contributed by atoms with E-state index in [1.165, 1.54) is 5.56 Å². The summed E-state index contributed by atoms with van der Waals surface area (Å²) in [7, 11) is 0. The molecule has 10 heteroatoms. The Morgan fingerprint density at radius 3 is 2.44 bits per heavy atom. The first-order valence-electron chi connectivity index (χ1n) is 13.7. The predicted molar refractivity (Wildman–Crippen MR) is 156 cm³/mol. The van der Waals surface area contributed by atoms with E-state index >= 15 is 0 Å². The summed E-state index contributed by atoms with van der Waals surface area (Å²) in [4.78, 5) is 30.4. The molecule has 41 heavy (non-hydrogen) atoms. The lowest BCUT2D eigenvalue weighted by atomic mass is 9.95. The maximum Gasteiger partial charge on any atom is 0.416 e. The van der Waals surface area contributed by atoms with E-state index in [0.717, 1.165) is 41.4 Å². The van der Waals surface area contributed by atoms with Gasteiger partial charge in [0.05, 0.1) is 21.7 Å². The third kappa shape index (κ3) is 6.68. The number of carbonyl (C=O) groups excluding carboxylic acids is 2. The number of hydrogen-bond acceptors (Lipinski definition) is 4. The van der Waals surface area contributed by atoms with Crippen molar-refractivity contribution in [3.63, 3.8) is 0 Å². The van der Waals surface area contributed by atoms with E-state index in [0.29, 0.717) is 44.7 Å². The van der Waals surface area contributed by atoms with Crippen molar-refractivity contribution in [3.05, 3.63) is 87.9 Å². The van der Waals surface area contributed by atoms with Crippen molar-refractivity contribution < 1.29 is 22.8 Å². The molecule has 0 saturated carbocycles. The van der Waals surface area contributed by atoms with Gasteiger partial charge in [-0.3, -0.25) is 9.59 Å². The number of anilines is 1. The molecule has 0 aliphatic carbocycles. The van der Waals surface area contributed by atoms with E-state index in [4.69, 9.17) is 17.3 Å². The number of benzene rings is 3. The van der Waals surface area contributed by atoms with Gasteiger partial charge in [-0.1, -0.05) is 55.8 Å². The molecule has 4 rings (SSSR count). The zero-order chi connectivity index (χ0) is 29.7. The van der Waals surface area contributed by atoms with Crippen LogP contribution in [-0.4, -0.2) is 55.5 Å². The molecule has 218 valence electrons. The number of alkyl halides is 3. The molecule has 0 unspecified atom stereocenters. The zero-order valence-electron chi connectivity index (χ0n) is 23.1. The van der Waals surface area contributed by atoms with Gasteiger partial charge in [-0.05, 0) is 59.9 Å². The van der Waals surface area contributed by atoms with E-state index < -0.39 is 17.6 Å². The van der Waals surface area contributed by atoms with Gasteiger partial charge in [0.1, 0.15) is 0 Å². The van der Waals surface area contributed by atoms with Crippen molar-refractivity contribution >= 4 is 29.1 Å².